The Morgan fingerprint density at radius 3 is 2.36 bits per heavy atom. The summed E-state index contributed by atoms with van der Waals surface area (Å²) in [4.78, 5) is 13.3. The Balaban J connectivity index is 1.46. The first-order valence-electron chi connectivity index (χ1n) is 12.1. The average Bonchev–Trinajstić information content (AvgIpc) is 3.22. The van der Waals surface area contributed by atoms with Crippen molar-refractivity contribution in [3.8, 4) is 22.6 Å². The zero-order valence-corrected chi connectivity index (χ0v) is 20.3. The van der Waals surface area contributed by atoms with Crippen LogP contribution < -0.4 is 5.43 Å². The molecule has 5 rings (SSSR count). The van der Waals surface area contributed by atoms with Gasteiger partial charge in [-0.15, -0.1) is 0 Å². The number of benzene rings is 2. The molecule has 3 aromatic rings. The molecule has 0 saturated carbocycles. The molecule has 13 nitrogen and oxygen atoms in total. The highest BCUT2D eigenvalue weighted by atomic mass is 16.7. The summed E-state index contributed by atoms with van der Waals surface area (Å²) < 4.78 is 22.1. The summed E-state index contributed by atoms with van der Waals surface area (Å²) >= 11 is 0. The van der Waals surface area contributed by atoms with E-state index in [2.05, 4.69) is 0 Å². The highest BCUT2D eigenvalue weighted by Gasteiger charge is 2.50. The van der Waals surface area contributed by atoms with Crippen LogP contribution >= 0.6 is 0 Å². The first kappa shape index (κ1) is 27.5. The molecule has 1 unspecified atom stereocenters. The lowest BCUT2D eigenvalue weighted by Gasteiger charge is -2.41. The molecule has 8 atom stereocenters. The van der Waals surface area contributed by atoms with Gasteiger partial charge in [-0.2, -0.15) is 0 Å². The van der Waals surface area contributed by atoms with Crippen LogP contribution in [0.15, 0.2) is 51.9 Å². The molecule has 39 heavy (non-hydrogen) atoms. The molecule has 3 heterocycles. The third kappa shape index (κ3) is 4.78. The highest BCUT2D eigenvalue weighted by molar-refractivity contribution is 5.86. The largest absolute Gasteiger partial charge is 0.508 e. The predicted molar refractivity (Wildman–Crippen MR) is 131 cm³/mol. The lowest BCUT2D eigenvalue weighted by Crippen LogP contribution is -2.56. The van der Waals surface area contributed by atoms with Gasteiger partial charge in [0.15, 0.2) is 6.29 Å². The lowest BCUT2D eigenvalue weighted by molar-refractivity contribution is -0.252. The minimum atomic E-state index is -1.94. The van der Waals surface area contributed by atoms with Crippen molar-refractivity contribution in [2.24, 2.45) is 0 Å². The fourth-order valence-electron chi connectivity index (χ4n) is 4.78. The normalized spacial score (nSPS) is 33.0. The summed E-state index contributed by atoms with van der Waals surface area (Å²) in [5.41, 5.74) is -2.07. The van der Waals surface area contributed by atoms with Gasteiger partial charge in [0.25, 0.3) is 0 Å². The van der Waals surface area contributed by atoms with E-state index in [4.69, 9.17) is 18.6 Å². The van der Waals surface area contributed by atoms with Crippen LogP contribution in [-0.4, -0.2) is 103 Å². The summed E-state index contributed by atoms with van der Waals surface area (Å²) in [6, 6.07) is 8.39. The minimum absolute atomic E-state index is 0.0110. The van der Waals surface area contributed by atoms with Gasteiger partial charge in [-0.05, 0) is 29.8 Å². The number of phenols is 2. The van der Waals surface area contributed by atoms with Gasteiger partial charge in [0.1, 0.15) is 65.6 Å². The van der Waals surface area contributed by atoms with Gasteiger partial charge < -0.3 is 59.5 Å². The van der Waals surface area contributed by atoms with Crippen LogP contribution in [0.1, 0.15) is 11.7 Å². The molecule has 13 heteroatoms. The molecule has 2 aliphatic heterocycles. The van der Waals surface area contributed by atoms with Crippen LogP contribution in [0.5, 0.6) is 11.5 Å². The van der Waals surface area contributed by atoms with Crippen molar-refractivity contribution in [3.05, 3.63) is 58.4 Å². The Hall–Kier alpha value is -3.11. The summed E-state index contributed by atoms with van der Waals surface area (Å²) in [6.45, 7) is -1.70. The summed E-state index contributed by atoms with van der Waals surface area (Å²) in [6.07, 6.45) is -9.88. The maximum Gasteiger partial charge on any atom is 0.200 e. The van der Waals surface area contributed by atoms with Crippen molar-refractivity contribution >= 4 is 11.0 Å². The van der Waals surface area contributed by atoms with Crippen molar-refractivity contribution in [2.45, 2.75) is 48.5 Å². The third-order valence-corrected chi connectivity index (χ3v) is 7.14. The van der Waals surface area contributed by atoms with Crippen LogP contribution in [0.4, 0.5) is 0 Å². The van der Waals surface area contributed by atoms with Gasteiger partial charge in [0.05, 0.1) is 36.3 Å². The second-order valence-electron chi connectivity index (χ2n) is 9.69. The molecule has 2 saturated heterocycles. The quantitative estimate of drug-likeness (QED) is 0.183. The number of aromatic hydroxyl groups is 2. The SMILES string of the molecule is O=c1c(-c2ccc(O)cc2)coc2c(C3O[C@H](CO[C@H]4OC[C@](O)(CO)[C@H]4O)[C@@H](O)[C@H](O)[C@H]3O)c(O)ccc12. The summed E-state index contributed by atoms with van der Waals surface area (Å²) in [5, 5.41) is 81.7. The van der Waals surface area contributed by atoms with E-state index in [0.717, 1.165) is 6.26 Å². The van der Waals surface area contributed by atoms with Crippen molar-refractivity contribution < 1.29 is 59.5 Å². The van der Waals surface area contributed by atoms with Crippen LogP contribution in [-0.2, 0) is 14.2 Å². The smallest absolute Gasteiger partial charge is 0.200 e. The second kappa shape index (κ2) is 10.5. The molecule has 0 bridgehead atoms. The zero-order valence-electron chi connectivity index (χ0n) is 20.3. The van der Waals surface area contributed by atoms with E-state index in [1.807, 2.05) is 0 Å². The molecular formula is C26H28O13. The molecule has 0 aliphatic carbocycles. The van der Waals surface area contributed by atoms with Crippen molar-refractivity contribution in [1.82, 2.24) is 0 Å². The van der Waals surface area contributed by atoms with E-state index >= 15 is 0 Å². The van der Waals surface area contributed by atoms with Crippen molar-refractivity contribution in [1.29, 1.82) is 0 Å². The minimum Gasteiger partial charge on any atom is -0.508 e. The van der Waals surface area contributed by atoms with E-state index in [1.165, 1.54) is 36.4 Å². The van der Waals surface area contributed by atoms with Crippen LogP contribution in [0.25, 0.3) is 22.1 Å². The Morgan fingerprint density at radius 2 is 1.69 bits per heavy atom. The van der Waals surface area contributed by atoms with Crippen molar-refractivity contribution in [3.63, 3.8) is 0 Å². The van der Waals surface area contributed by atoms with Crippen molar-refractivity contribution in [2.75, 3.05) is 19.8 Å². The molecule has 0 spiro atoms. The number of hydrogen-bond acceptors (Lipinski definition) is 13. The third-order valence-electron chi connectivity index (χ3n) is 7.14. The Kier molecular flexibility index (Phi) is 7.37. The topological polar surface area (TPSA) is 220 Å². The highest BCUT2D eigenvalue weighted by Crippen LogP contribution is 2.41. The molecule has 8 N–H and O–H groups in total. The van der Waals surface area contributed by atoms with Gasteiger partial charge in [-0.25, -0.2) is 0 Å². The van der Waals surface area contributed by atoms with E-state index in [9.17, 15) is 45.6 Å². The predicted octanol–water partition coefficient (Wildman–Crippen LogP) is -1.15. The van der Waals surface area contributed by atoms with E-state index in [0.29, 0.717) is 5.56 Å². The summed E-state index contributed by atoms with van der Waals surface area (Å²) in [5.74, 6) is -0.408. The van der Waals surface area contributed by atoms with Gasteiger partial charge in [0.2, 0.25) is 5.43 Å². The Labute approximate surface area is 220 Å². The second-order valence-corrected chi connectivity index (χ2v) is 9.69. The van der Waals surface area contributed by atoms with Gasteiger partial charge in [0, 0.05) is 0 Å². The first-order valence-corrected chi connectivity index (χ1v) is 12.1. The van der Waals surface area contributed by atoms with Gasteiger partial charge >= 0.3 is 0 Å². The van der Waals surface area contributed by atoms with Crippen LogP contribution in [0, 0.1) is 0 Å². The average molecular weight is 548 g/mol. The van der Waals surface area contributed by atoms with Gasteiger partial charge in [-0.3, -0.25) is 4.79 Å². The molecule has 1 aromatic heterocycles. The van der Waals surface area contributed by atoms with Crippen LogP contribution in [0.2, 0.25) is 0 Å². The molecule has 210 valence electrons. The molecule has 2 aromatic carbocycles. The maximum absolute atomic E-state index is 13.3. The number of phenolic OH excluding ortho intramolecular Hbond substituents is 2. The standard InChI is InChI=1S/C26H28O13/c27-9-26(35)10-38-25(24(26)34)37-8-16-19(31)20(32)21(33)23(39-16)17-15(29)6-5-13-18(30)14(7-36-22(13)17)11-1-3-12(28)4-2-11/h1-7,16,19-21,23-25,27-29,31-35H,8-10H2/t16-,19-,20+,21-,23?,24+,25+,26-/m1/s1. The zero-order chi connectivity index (χ0) is 28.1. The number of hydrogen-bond donors (Lipinski definition) is 8. The summed E-state index contributed by atoms with van der Waals surface area (Å²) in [7, 11) is 0. The monoisotopic (exact) mass is 548 g/mol. The molecule has 2 aliphatic rings. The van der Waals surface area contributed by atoms with E-state index < -0.39 is 79.5 Å². The maximum atomic E-state index is 13.3. The van der Waals surface area contributed by atoms with Crippen LogP contribution in [0.3, 0.4) is 0 Å². The fourth-order valence-corrected chi connectivity index (χ4v) is 4.78. The Bertz CT molecular complexity index is 1390. The van der Waals surface area contributed by atoms with Gasteiger partial charge in [-0.1, -0.05) is 12.1 Å². The number of fused-ring (bicyclic) bond motifs is 1. The molecule has 2 fully saturated rings. The molecule has 0 amide bonds. The number of rotatable bonds is 6. The fraction of sp³-hybridized carbons (Fsp3) is 0.423. The van der Waals surface area contributed by atoms with E-state index in [-0.39, 0.29) is 27.8 Å². The first-order chi connectivity index (χ1) is 18.6. The number of aliphatic hydroxyl groups excluding tert-OH is 5. The number of ether oxygens (including phenoxy) is 3. The number of aliphatic hydroxyl groups is 6. The molecular weight excluding hydrogens is 520 g/mol. The van der Waals surface area contributed by atoms with E-state index in [1.54, 1.807) is 0 Å². The molecule has 0 radical (unpaired) electrons. The lowest BCUT2D eigenvalue weighted by atomic mass is 9.89. The Morgan fingerprint density at radius 1 is 0.974 bits per heavy atom.